The first kappa shape index (κ1) is 18.9. The number of aromatic nitrogens is 2. The minimum atomic E-state index is -0.0602. The van der Waals surface area contributed by atoms with E-state index < -0.39 is 0 Å². The summed E-state index contributed by atoms with van der Waals surface area (Å²) in [7, 11) is 1.96. The molecular weight excluding hydrogens is 336 g/mol. The highest BCUT2D eigenvalue weighted by atomic mass is 16.2. The zero-order chi connectivity index (χ0) is 19.4. The summed E-state index contributed by atoms with van der Waals surface area (Å²) in [6.45, 7) is 6.36. The molecule has 0 fully saturated rings. The topological polar surface area (TPSA) is 50.2 Å². The molecule has 0 radical (unpaired) electrons. The lowest BCUT2D eigenvalue weighted by atomic mass is 10.1. The van der Waals surface area contributed by atoms with Gasteiger partial charge in [0.2, 0.25) is 5.91 Å². The van der Waals surface area contributed by atoms with Crippen molar-refractivity contribution in [2.75, 3.05) is 18.9 Å². The minimum Gasteiger partial charge on any atom is -0.309 e. The molecule has 0 saturated carbocycles. The molecule has 1 heterocycles. The molecule has 5 heteroatoms. The number of hydrogen-bond donors (Lipinski definition) is 1. The third-order valence-corrected chi connectivity index (χ3v) is 4.78. The number of aryl methyl sites for hydroxylation is 2. The van der Waals surface area contributed by atoms with Crippen molar-refractivity contribution in [2.45, 2.75) is 26.8 Å². The summed E-state index contributed by atoms with van der Waals surface area (Å²) >= 11 is 0. The molecule has 1 atom stereocenters. The number of hydrogen-bond acceptors (Lipinski definition) is 3. The molecule has 3 rings (SSSR count). The summed E-state index contributed by atoms with van der Waals surface area (Å²) in [5, 5.41) is 7.56. The van der Waals surface area contributed by atoms with Gasteiger partial charge in [-0.15, -0.1) is 0 Å². The Morgan fingerprint density at radius 1 is 1.11 bits per heavy atom. The Bertz CT molecular complexity index is 917. The van der Waals surface area contributed by atoms with E-state index in [9.17, 15) is 4.79 Å². The van der Waals surface area contributed by atoms with E-state index in [0.29, 0.717) is 12.4 Å². The summed E-state index contributed by atoms with van der Waals surface area (Å²) in [6, 6.07) is 20.2. The summed E-state index contributed by atoms with van der Waals surface area (Å²) < 4.78 is 1.79. The van der Waals surface area contributed by atoms with E-state index in [4.69, 9.17) is 0 Å². The highest BCUT2D eigenvalue weighted by Crippen LogP contribution is 2.21. The molecule has 27 heavy (non-hydrogen) atoms. The van der Waals surface area contributed by atoms with Crippen LogP contribution in [0.25, 0.3) is 5.69 Å². The molecule has 0 aliphatic carbocycles. The van der Waals surface area contributed by atoms with Gasteiger partial charge < -0.3 is 5.32 Å². The van der Waals surface area contributed by atoms with Crippen molar-refractivity contribution >= 4 is 11.7 Å². The predicted molar refractivity (Wildman–Crippen MR) is 109 cm³/mol. The van der Waals surface area contributed by atoms with Gasteiger partial charge in [-0.05, 0) is 45.0 Å². The molecule has 0 aliphatic rings. The van der Waals surface area contributed by atoms with Gasteiger partial charge in [-0.25, -0.2) is 4.68 Å². The van der Waals surface area contributed by atoms with Crippen molar-refractivity contribution in [3.63, 3.8) is 0 Å². The summed E-state index contributed by atoms with van der Waals surface area (Å²) in [5.41, 5.74) is 4.12. The van der Waals surface area contributed by atoms with E-state index in [1.165, 1.54) is 5.56 Å². The first-order valence-corrected chi connectivity index (χ1v) is 9.13. The Balaban J connectivity index is 1.73. The van der Waals surface area contributed by atoms with Crippen molar-refractivity contribution in [1.29, 1.82) is 0 Å². The lowest BCUT2D eigenvalue weighted by molar-refractivity contribution is -0.117. The van der Waals surface area contributed by atoms with Crippen LogP contribution in [0.1, 0.15) is 29.8 Å². The number of likely N-dealkylation sites (N-methyl/N-ethyl adjacent to an activating group) is 1. The van der Waals surface area contributed by atoms with E-state index in [-0.39, 0.29) is 11.9 Å². The largest absolute Gasteiger partial charge is 0.309 e. The lowest BCUT2D eigenvalue weighted by Gasteiger charge is -2.24. The lowest BCUT2D eigenvalue weighted by Crippen LogP contribution is -2.32. The molecule has 2 aromatic carbocycles. The average Bonchev–Trinajstić information content (AvgIpc) is 3.01. The summed E-state index contributed by atoms with van der Waals surface area (Å²) in [4.78, 5) is 14.7. The number of nitrogens with zero attached hydrogens (tertiary/aromatic N) is 3. The maximum absolute atomic E-state index is 12.6. The van der Waals surface area contributed by atoms with Crippen molar-refractivity contribution in [1.82, 2.24) is 14.7 Å². The Labute approximate surface area is 160 Å². The maximum atomic E-state index is 12.6. The number of para-hydroxylation sites is 1. The second-order valence-electron chi connectivity index (χ2n) is 6.92. The monoisotopic (exact) mass is 362 g/mol. The van der Waals surface area contributed by atoms with E-state index in [2.05, 4.69) is 29.5 Å². The molecule has 140 valence electrons. The van der Waals surface area contributed by atoms with Crippen molar-refractivity contribution in [3.8, 4) is 5.69 Å². The number of anilines is 1. The fraction of sp³-hybridized carbons (Fsp3) is 0.273. The fourth-order valence-electron chi connectivity index (χ4n) is 3.11. The Hall–Kier alpha value is -2.92. The normalized spacial score (nSPS) is 12.2. The summed E-state index contributed by atoms with van der Waals surface area (Å²) in [5.74, 6) is 0.627. The minimum absolute atomic E-state index is 0.0602. The SMILES string of the molecule is Cc1cc(NC(=O)CN(C)[C@@H](C)c2ccccc2)n(-c2ccccc2C)n1. The molecule has 0 bridgehead atoms. The number of benzene rings is 2. The Morgan fingerprint density at radius 2 is 1.78 bits per heavy atom. The van der Waals surface area contributed by atoms with E-state index in [1.807, 2.05) is 74.3 Å². The molecule has 0 unspecified atom stereocenters. The molecule has 1 N–H and O–H groups in total. The zero-order valence-electron chi connectivity index (χ0n) is 16.3. The predicted octanol–water partition coefficient (Wildman–Crippen LogP) is 4.12. The molecule has 1 aromatic heterocycles. The van der Waals surface area contributed by atoms with Crippen LogP contribution in [-0.2, 0) is 4.79 Å². The molecule has 0 aliphatic heterocycles. The van der Waals surface area contributed by atoms with Crippen LogP contribution < -0.4 is 5.32 Å². The van der Waals surface area contributed by atoms with Crippen LogP contribution >= 0.6 is 0 Å². The van der Waals surface area contributed by atoms with E-state index in [1.54, 1.807) is 4.68 Å². The second kappa shape index (κ2) is 8.18. The second-order valence-corrected chi connectivity index (χ2v) is 6.92. The van der Waals surface area contributed by atoms with Gasteiger partial charge in [0.05, 0.1) is 17.9 Å². The standard InChI is InChI=1S/C22H26N4O/c1-16-10-8-9-13-20(16)26-21(14-17(2)24-26)23-22(27)15-25(4)18(3)19-11-6-5-7-12-19/h5-14,18H,15H2,1-4H3,(H,23,27)/t18-/m0/s1. The number of rotatable bonds is 6. The van der Waals surface area contributed by atoms with Gasteiger partial charge in [-0.3, -0.25) is 9.69 Å². The average molecular weight is 362 g/mol. The molecular formula is C22H26N4O. The highest BCUT2D eigenvalue weighted by Gasteiger charge is 2.17. The smallest absolute Gasteiger partial charge is 0.239 e. The molecule has 1 amide bonds. The van der Waals surface area contributed by atoms with Gasteiger partial charge in [0.15, 0.2) is 0 Å². The van der Waals surface area contributed by atoms with Crippen LogP contribution in [-0.4, -0.2) is 34.2 Å². The van der Waals surface area contributed by atoms with Gasteiger partial charge in [0.25, 0.3) is 0 Å². The van der Waals surface area contributed by atoms with Gasteiger partial charge >= 0.3 is 0 Å². The van der Waals surface area contributed by atoms with Crippen LogP contribution in [0.15, 0.2) is 60.7 Å². The number of nitrogens with one attached hydrogen (secondary N) is 1. The number of amides is 1. The van der Waals surface area contributed by atoms with Crippen LogP contribution in [0.2, 0.25) is 0 Å². The van der Waals surface area contributed by atoms with E-state index in [0.717, 1.165) is 16.9 Å². The third kappa shape index (κ3) is 4.44. The van der Waals surface area contributed by atoms with Crippen LogP contribution in [0.5, 0.6) is 0 Å². The number of carbonyl (C=O) groups excluding carboxylic acids is 1. The zero-order valence-corrected chi connectivity index (χ0v) is 16.3. The third-order valence-electron chi connectivity index (χ3n) is 4.78. The maximum Gasteiger partial charge on any atom is 0.239 e. The molecule has 0 saturated heterocycles. The molecule has 5 nitrogen and oxygen atoms in total. The first-order chi connectivity index (χ1) is 13.0. The van der Waals surface area contributed by atoms with Crippen LogP contribution in [0, 0.1) is 13.8 Å². The Kier molecular flexibility index (Phi) is 5.72. The highest BCUT2D eigenvalue weighted by molar-refractivity contribution is 5.91. The van der Waals surface area contributed by atoms with Crippen LogP contribution in [0.4, 0.5) is 5.82 Å². The molecule has 3 aromatic rings. The van der Waals surface area contributed by atoms with Gasteiger partial charge in [-0.2, -0.15) is 5.10 Å². The molecule has 0 spiro atoms. The van der Waals surface area contributed by atoms with E-state index >= 15 is 0 Å². The van der Waals surface area contributed by atoms with Gasteiger partial charge in [-0.1, -0.05) is 48.5 Å². The quantitative estimate of drug-likeness (QED) is 0.718. The van der Waals surface area contributed by atoms with Crippen molar-refractivity contribution < 1.29 is 4.79 Å². The number of carbonyl (C=O) groups is 1. The van der Waals surface area contributed by atoms with Gasteiger partial charge in [0.1, 0.15) is 5.82 Å². The van der Waals surface area contributed by atoms with Crippen LogP contribution in [0.3, 0.4) is 0 Å². The van der Waals surface area contributed by atoms with Gasteiger partial charge in [0, 0.05) is 12.1 Å². The van der Waals surface area contributed by atoms with Crippen molar-refractivity contribution in [2.24, 2.45) is 0 Å². The fourth-order valence-corrected chi connectivity index (χ4v) is 3.11. The summed E-state index contributed by atoms with van der Waals surface area (Å²) in [6.07, 6.45) is 0. The first-order valence-electron chi connectivity index (χ1n) is 9.13. The van der Waals surface area contributed by atoms with Crippen molar-refractivity contribution in [3.05, 3.63) is 77.5 Å². The Morgan fingerprint density at radius 3 is 2.48 bits per heavy atom.